The molecule has 0 unspecified atom stereocenters. The number of nitro benzene ring substituents is 1. The molecule has 7 heteroatoms. The lowest BCUT2D eigenvalue weighted by molar-refractivity contribution is -0.384. The molecule has 1 heterocycles. The van der Waals surface area contributed by atoms with Gasteiger partial charge in [-0.2, -0.15) is 0 Å². The van der Waals surface area contributed by atoms with Crippen LogP contribution in [0.25, 0.3) is 10.6 Å². The zero-order valence-electron chi connectivity index (χ0n) is 12.1. The van der Waals surface area contributed by atoms with Gasteiger partial charge in [0.1, 0.15) is 5.01 Å². The van der Waals surface area contributed by atoms with Crippen molar-refractivity contribution < 1.29 is 4.92 Å². The predicted molar refractivity (Wildman–Crippen MR) is 83.6 cm³/mol. The summed E-state index contributed by atoms with van der Waals surface area (Å²) < 4.78 is 0. The van der Waals surface area contributed by atoms with Crippen molar-refractivity contribution in [1.82, 2.24) is 15.5 Å². The lowest BCUT2D eigenvalue weighted by Gasteiger charge is -2.00. The number of aryl methyl sites for hydroxylation is 2. The van der Waals surface area contributed by atoms with Crippen molar-refractivity contribution in [3.8, 4) is 10.6 Å². The van der Waals surface area contributed by atoms with Crippen LogP contribution >= 0.6 is 11.3 Å². The van der Waals surface area contributed by atoms with Crippen molar-refractivity contribution in [1.29, 1.82) is 0 Å². The van der Waals surface area contributed by atoms with Crippen LogP contribution in [0.3, 0.4) is 0 Å². The Morgan fingerprint density at radius 1 is 1.38 bits per heavy atom. The number of nitrogens with zero attached hydrogens (tertiary/aromatic N) is 3. The molecule has 1 N–H and O–H groups in total. The van der Waals surface area contributed by atoms with E-state index in [4.69, 9.17) is 0 Å². The Labute approximate surface area is 127 Å². The maximum absolute atomic E-state index is 11.1. The minimum atomic E-state index is -0.374. The molecular formula is C14H18N4O2S. The Morgan fingerprint density at radius 3 is 2.90 bits per heavy atom. The third-order valence-corrected chi connectivity index (χ3v) is 4.06. The van der Waals surface area contributed by atoms with Gasteiger partial charge in [0.25, 0.3) is 5.69 Å². The number of aromatic nitrogens is 2. The molecule has 1 aromatic heterocycles. The summed E-state index contributed by atoms with van der Waals surface area (Å²) in [7, 11) is 0. The van der Waals surface area contributed by atoms with E-state index in [9.17, 15) is 10.1 Å². The molecule has 0 atom stereocenters. The van der Waals surface area contributed by atoms with Crippen LogP contribution in [-0.2, 0) is 6.42 Å². The molecule has 2 aromatic rings. The van der Waals surface area contributed by atoms with Crippen LogP contribution in [-0.4, -0.2) is 28.2 Å². The zero-order chi connectivity index (χ0) is 15.2. The van der Waals surface area contributed by atoms with Gasteiger partial charge in [-0.05, 0) is 38.1 Å². The fourth-order valence-corrected chi connectivity index (χ4v) is 2.89. The van der Waals surface area contributed by atoms with Crippen molar-refractivity contribution in [2.45, 2.75) is 26.7 Å². The largest absolute Gasteiger partial charge is 0.317 e. The van der Waals surface area contributed by atoms with Gasteiger partial charge < -0.3 is 5.32 Å². The minimum Gasteiger partial charge on any atom is -0.317 e. The van der Waals surface area contributed by atoms with E-state index >= 15 is 0 Å². The van der Waals surface area contributed by atoms with E-state index in [0.717, 1.165) is 36.5 Å². The maximum Gasteiger partial charge on any atom is 0.279 e. The Balaban J connectivity index is 2.17. The average Bonchev–Trinajstić information content (AvgIpc) is 2.92. The molecule has 112 valence electrons. The highest BCUT2D eigenvalue weighted by Gasteiger charge is 2.18. The lowest BCUT2D eigenvalue weighted by Crippen LogP contribution is -2.14. The highest BCUT2D eigenvalue weighted by molar-refractivity contribution is 7.14. The molecule has 0 amide bonds. The SMILES string of the molecule is CCNCCCc1nnc(-c2cc(C)ccc2[N+](=O)[O-])s1. The van der Waals surface area contributed by atoms with Crippen LogP contribution in [0.1, 0.15) is 23.9 Å². The molecule has 0 spiro atoms. The van der Waals surface area contributed by atoms with E-state index in [2.05, 4.69) is 22.4 Å². The number of hydrogen-bond donors (Lipinski definition) is 1. The highest BCUT2D eigenvalue weighted by atomic mass is 32.1. The third kappa shape index (κ3) is 4.05. The highest BCUT2D eigenvalue weighted by Crippen LogP contribution is 2.32. The first kappa shape index (κ1) is 15.5. The Kier molecular flexibility index (Phi) is 5.35. The number of rotatable bonds is 7. The van der Waals surface area contributed by atoms with Gasteiger partial charge in [-0.15, -0.1) is 10.2 Å². The smallest absolute Gasteiger partial charge is 0.279 e. The standard InChI is InChI=1S/C14H18N4O2S/c1-3-15-8-4-5-13-16-17-14(21-13)11-9-10(2)6-7-12(11)18(19)20/h6-7,9,15H,3-5,8H2,1-2H3. The number of hydrogen-bond acceptors (Lipinski definition) is 6. The topological polar surface area (TPSA) is 81.0 Å². The quantitative estimate of drug-likeness (QED) is 0.483. The van der Waals surface area contributed by atoms with Crippen molar-refractivity contribution in [2.24, 2.45) is 0 Å². The van der Waals surface area contributed by atoms with Crippen LogP contribution in [0.2, 0.25) is 0 Å². The fourth-order valence-electron chi connectivity index (χ4n) is 1.99. The van der Waals surface area contributed by atoms with Crippen molar-refractivity contribution in [2.75, 3.05) is 13.1 Å². The van der Waals surface area contributed by atoms with Gasteiger partial charge in [0, 0.05) is 12.5 Å². The summed E-state index contributed by atoms with van der Waals surface area (Å²) >= 11 is 1.43. The normalized spacial score (nSPS) is 10.8. The Morgan fingerprint density at radius 2 is 2.19 bits per heavy atom. The molecule has 0 saturated heterocycles. The monoisotopic (exact) mass is 306 g/mol. The number of nitrogens with one attached hydrogen (secondary N) is 1. The van der Waals surface area contributed by atoms with Crippen molar-refractivity contribution in [3.63, 3.8) is 0 Å². The summed E-state index contributed by atoms with van der Waals surface area (Å²) in [6, 6.07) is 5.05. The molecule has 0 fully saturated rings. The molecule has 0 aliphatic heterocycles. The van der Waals surface area contributed by atoms with Crippen LogP contribution in [0.15, 0.2) is 18.2 Å². The van der Waals surface area contributed by atoms with E-state index in [1.165, 1.54) is 17.4 Å². The molecule has 2 rings (SSSR count). The summed E-state index contributed by atoms with van der Waals surface area (Å²) in [5, 5.41) is 24.1. The maximum atomic E-state index is 11.1. The van der Waals surface area contributed by atoms with E-state index in [1.807, 2.05) is 6.92 Å². The van der Waals surface area contributed by atoms with E-state index < -0.39 is 0 Å². The second-order valence-corrected chi connectivity index (χ2v) is 5.80. The van der Waals surface area contributed by atoms with Gasteiger partial charge in [-0.25, -0.2) is 0 Å². The molecule has 0 bridgehead atoms. The summed E-state index contributed by atoms with van der Waals surface area (Å²) in [6.45, 7) is 5.87. The molecule has 0 aliphatic rings. The summed E-state index contributed by atoms with van der Waals surface area (Å²) in [6.07, 6.45) is 1.82. The fraction of sp³-hybridized carbons (Fsp3) is 0.429. The molecule has 0 aliphatic carbocycles. The Hall–Kier alpha value is -1.86. The summed E-state index contributed by atoms with van der Waals surface area (Å²) in [4.78, 5) is 10.7. The molecule has 0 saturated carbocycles. The van der Waals surface area contributed by atoms with Crippen LogP contribution in [0.4, 0.5) is 5.69 Å². The molecular weight excluding hydrogens is 288 g/mol. The van der Waals surface area contributed by atoms with Gasteiger partial charge in [0.05, 0.1) is 10.5 Å². The van der Waals surface area contributed by atoms with Crippen LogP contribution in [0.5, 0.6) is 0 Å². The molecule has 21 heavy (non-hydrogen) atoms. The lowest BCUT2D eigenvalue weighted by atomic mass is 10.1. The van der Waals surface area contributed by atoms with Gasteiger partial charge in [-0.1, -0.05) is 24.3 Å². The third-order valence-electron chi connectivity index (χ3n) is 3.04. The van der Waals surface area contributed by atoms with E-state index in [0.29, 0.717) is 10.6 Å². The molecule has 6 nitrogen and oxygen atoms in total. The number of benzene rings is 1. The second kappa shape index (κ2) is 7.24. The summed E-state index contributed by atoms with van der Waals surface area (Å²) in [5.74, 6) is 0. The average molecular weight is 306 g/mol. The van der Waals surface area contributed by atoms with E-state index in [1.54, 1.807) is 12.1 Å². The number of nitro groups is 1. The first-order valence-electron chi connectivity index (χ1n) is 6.90. The van der Waals surface area contributed by atoms with Crippen molar-refractivity contribution >= 4 is 17.0 Å². The Bertz CT molecular complexity index is 627. The van der Waals surface area contributed by atoms with E-state index in [-0.39, 0.29) is 10.6 Å². The molecule has 0 radical (unpaired) electrons. The summed E-state index contributed by atoms with van der Waals surface area (Å²) in [5.41, 5.74) is 1.60. The van der Waals surface area contributed by atoms with Crippen molar-refractivity contribution in [3.05, 3.63) is 38.9 Å². The predicted octanol–water partition coefficient (Wildman–Crippen LogP) is 2.96. The molecule has 1 aromatic carbocycles. The van der Waals surface area contributed by atoms with Gasteiger partial charge in [0.2, 0.25) is 0 Å². The van der Waals surface area contributed by atoms with Gasteiger partial charge in [0.15, 0.2) is 5.01 Å². The minimum absolute atomic E-state index is 0.0796. The van der Waals surface area contributed by atoms with Crippen LogP contribution < -0.4 is 5.32 Å². The van der Waals surface area contributed by atoms with Gasteiger partial charge in [-0.3, -0.25) is 10.1 Å². The first-order chi connectivity index (χ1) is 10.1. The first-order valence-corrected chi connectivity index (χ1v) is 7.72. The van der Waals surface area contributed by atoms with Crippen LogP contribution in [0, 0.1) is 17.0 Å². The second-order valence-electron chi connectivity index (χ2n) is 4.74. The zero-order valence-corrected chi connectivity index (χ0v) is 12.9. The van der Waals surface area contributed by atoms with Gasteiger partial charge >= 0.3 is 0 Å².